The average Bonchev–Trinajstić information content (AvgIpc) is 2.74. The maximum Gasteiger partial charge on any atom is 0.264 e. The van der Waals surface area contributed by atoms with E-state index in [9.17, 15) is 9.59 Å². The zero-order chi connectivity index (χ0) is 14.6. The maximum absolute atomic E-state index is 12.0. The van der Waals surface area contributed by atoms with Crippen molar-refractivity contribution in [3.63, 3.8) is 0 Å². The first-order valence-electron chi connectivity index (χ1n) is 5.77. The molecule has 0 fully saturated rings. The van der Waals surface area contributed by atoms with Crippen LogP contribution >= 0.6 is 39.7 Å². The minimum atomic E-state index is -0.465. The van der Waals surface area contributed by atoms with Gasteiger partial charge >= 0.3 is 0 Å². The van der Waals surface area contributed by atoms with Gasteiger partial charge < -0.3 is 16.0 Å². The van der Waals surface area contributed by atoms with Crippen molar-refractivity contribution in [2.45, 2.75) is 19.4 Å². The molecule has 0 saturated heterocycles. The number of likely N-dealkylation sites (N-methyl/N-ethyl adjacent to an activating group) is 1. The van der Waals surface area contributed by atoms with Crippen LogP contribution in [0.2, 0.25) is 0 Å². The van der Waals surface area contributed by atoms with Crippen molar-refractivity contribution in [1.29, 1.82) is 0 Å². The second kappa shape index (κ2) is 7.97. The lowest BCUT2D eigenvalue weighted by molar-refractivity contribution is -0.123. The molecule has 114 valence electrons. The Morgan fingerprint density at radius 3 is 2.50 bits per heavy atom. The summed E-state index contributed by atoms with van der Waals surface area (Å²) < 4.78 is 0.887. The number of nitrogens with one attached hydrogen (secondary N) is 1. The minimum absolute atomic E-state index is 0. The van der Waals surface area contributed by atoms with Gasteiger partial charge in [-0.25, -0.2) is 0 Å². The smallest absolute Gasteiger partial charge is 0.264 e. The van der Waals surface area contributed by atoms with E-state index < -0.39 is 5.54 Å². The van der Waals surface area contributed by atoms with E-state index in [1.807, 2.05) is 19.9 Å². The fourth-order valence-corrected chi connectivity index (χ4v) is 2.75. The number of hydrogen-bond donors (Lipinski definition) is 2. The third kappa shape index (κ3) is 5.78. The molecule has 5 nitrogen and oxygen atoms in total. The van der Waals surface area contributed by atoms with Crippen molar-refractivity contribution in [3.05, 3.63) is 20.8 Å². The maximum atomic E-state index is 12.0. The Morgan fingerprint density at radius 2 is 2.05 bits per heavy atom. The van der Waals surface area contributed by atoms with Gasteiger partial charge in [-0.1, -0.05) is 0 Å². The topological polar surface area (TPSA) is 75.4 Å². The number of thiophene rings is 1. The molecule has 0 saturated carbocycles. The summed E-state index contributed by atoms with van der Waals surface area (Å²) in [6.45, 7) is 4.03. The van der Waals surface area contributed by atoms with Crippen molar-refractivity contribution in [2.75, 3.05) is 20.1 Å². The molecule has 0 spiro atoms. The summed E-state index contributed by atoms with van der Waals surface area (Å²) >= 11 is 4.65. The molecule has 3 N–H and O–H groups in total. The third-order valence-corrected chi connectivity index (χ3v) is 4.11. The van der Waals surface area contributed by atoms with Crippen molar-refractivity contribution in [3.8, 4) is 0 Å². The fraction of sp³-hybridized carbons (Fsp3) is 0.500. The van der Waals surface area contributed by atoms with Gasteiger partial charge in [0, 0.05) is 19.1 Å². The predicted molar refractivity (Wildman–Crippen MR) is 87.5 cm³/mol. The van der Waals surface area contributed by atoms with Gasteiger partial charge in [0.15, 0.2) is 0 Å². The van der Waals surface area contributed by atoms with Crippen LogP contribution in [-0.2, 0) is 4.79 Å². The van der Waals surface area contributed by atoms with Crippen LogP contribution in [0.4, 0.5) is 0 Å². The van der Waals surface area contributed by atoms with Crippen LogP contribution in [0, 0.1) is 0 Å². The van der Waals surface area contributed by atoms with E-state index in [-0.39, 0.29) is 30.8 Å². The number of nitrogens with zero attached hydrogens (tertiary/aromatic N) is 1. The second-order valence-electron chi connectivity index (χ2n) is 4.90. The number of carbonyl (C=O) groups is 2. The fourth-order valence-electron chi connectivity index (χ4n) is 1.37. The highest BCUT2D eigenvalue weighted by molar-refractivity contribution is 9.11. The molecule has 0 aliphatic heterocycles. The highest BCUT2D eigenvalue weighted by atomic mass is 79.9. The molecule has 0 bridgehead atoms. The van der Waals surface area contributed by atoms with Crippen LogP contribution < -0.4 is 11.1 Å². The van der Waals surface area contributed by atoms with Gasteiger partial charge in [-0.05, 0) is 41.9 Å². The molecule has 1 heterocycles. The van der Waals surface area contributed by atoms with E-state index in [0.29, 0.717) is 11.4 Å². The van der Waals surface area contributed by atoms with Crippen LogP contribution in [0.5, 0.6) is 0 Å². The predicted octanol–water partition coefficient (Wildman–Crippen LogP) is 1.86. The summed E-state index contributed by atoms with van der Waals surface area (Å²) in [6, 6.07) is 3.54. The van der Waals surface area contributed by atoms with E-state index >= 15 is 0 Å². The number of carbonyl (C=O) groups excluding carboxylic acids is 2. The van der Waals surface area contributed by atoms with E-state index in [4.69, 9.17) is 5.73 Å². The van der Waals surface area contributed by atoms with Crippen molar-refractivity contribution in [1.82, 2.24) is 10.2 Å². The van der Waals surface area contributed by atoms with Crippen molar-refractivity contribution < 1.29 is 9.59 Å². The summed E-state index contributed by atoms with van der Waals surface area (Å²) in [5, 5.41) is 2.78. The summed E-state index contributed by atoms with van der Waals surface area (Å²) in [6.07, 6.45) is 0. The van der Waals surface area contributed by atoms with E-state index in [2.05, 4.69) is 21.2 Å². The van der Waals surface area contributed by atoms with Gasteiger partial charge in [0.05, 0.1) is 15.2 Å². The van der Waals surface area contributed by atoms with Gasteiger partial charge in [-0.15, -0.1) is 23.7 Å². The molecular weight excluding hydrogens is 366 g/mol. The van der Waals surface area contributed by atoms with Crippen molar-refractivity contribution >= 4 is 51.5 Å². The molecule has 0 aliphatic carbocycles. The molecule has 8 heteroatoms. The van der Waals surface area contributed by atoms with Crippen LogP contribution in [0.25, 0.3) is 0 Å². The number of amides is 2. The molecule has 1 aromatic rings. The zero-order valence-corrected chi connectivity index (χ0v) is 14.8. The minimum Gasteiger partial charge on any atom is -0.348 e. The quantitative estimate of drug-likeness (QED) is 0.813. The Labute approximate surface area is 137 Å². The molecule has 1 aromatic heterocycles. The van der Waals surface area contributed by atoms with Crippen LogP contribution in [0.15, 0.2) is 15.9 Å². The van der Waals surface area contributed by atoms with E-state index in [1.165, 1.54) is 16.2 Å². The van der Waals surface area contributed by atoms with E-state index in [1.54, 1.807) is 13.1 Å². The van der Waals surface area contributed by atoms with Gasteiger partial charge in [-0.3, -0.25) is 9.59 Å². The highest BCUT2D eigenvalue weighted by Gasteiger charge is 2.21. The molecule has 0 aromatic carbocycles. The first-order chi connectivity index (χ1) is 8.75. The largest absolute Gasteiger partial charge is 0.348 e. The first-order valence-corrected chi connectivity index (χ1v) is 7.38. The summed E-state index contributed by atoms with van der Waals surface area (Å²) in [7, 11) is 1.60. The Balaban J connectivity index is 0.00000361. The Kier molecular flexibility index (Phi) is 7.72. The van der Waals surface area contributed by atoms with Crippen LogP contribution in [0.3, 0.4) is 0 Å². The third-order valence-electron chi connectivity index (χ3n) is 2.50. The average molecular weight is 385 g/mol. The number of rotatable bonds is 5. The number of halogens is 2. The Hall–Kier alpha value is -0.630. The standard InChI is InChI=1S/C12H18BrN3O2S.ClH/c1-12(2,7-14)15-10(17)6-16(3)11(18)8-4-5-9(13)19-8;/h4-5H,6-7,14H2,1-3H3,(H,15,17);1H. The van der Waals surface area contributed by atoms with Gasteiger partial charge in [0.1, 0.15) is 0 Å². The zero-order valence-electron chi connectivity index (χ0n) is 11.6. The number of hydrogen-bond acceptors (Lipinski definition) is 4. The molecule has 0 unspecified atom stereocenters. The lowest BCUT2D eigenvalue weighted by Crippen LogP contribution is -2.51. The second-order valence-corrected chi connectivity index (χ2v) is 7.36. The Morgan fingerprint density at radius 1 is 1.45 bits per heavy atom. The van der Waals surface area contributed by atoms with Crippen molar-refractivity contribution in [2.24, 2.45) is 5.73 Å². The molecule has 2 amide bonds. The molecule has 20 heavy (non-hydrogen) atoms. The Bertz CT molecular complexity index is 479. The van der Waals surface area contributed by atoms with Gasteiger partial charge in [0.2, 0.25) is 5.91 Å². The number of nitrogens with two attached hydrogens (primary N) is 1. The van der Waals surface area contributed by atoms with Gasteiger partial charge in [0.25, 0.3) is 5.91 Å². The first kappa shape index (κ1) is 19.4. The highest BCUT2D eigenvalue weighted by Crippen LogP contribution is 2.22. The molecular formula is C12H19BrClN3O2S. The molecule has 1 rings (SSSR count). The van der Waals surface area contributed by atoms with Crippen LogP contribution in [-0.4, -0.2) is 42.4 Å². The molecule has 0 atom stereocenters. The monoisotopic (exact) mass is 383 g/mol. The van der Waals surface area contributed by atoms with Crippen LogP contribution in [0.1, 0.15) is 23.5 Å². The molecule has 0 radical (unpaired) electrons. The normalized spacial score (nSPS) is 10.7. The van der Waals surface area contributed by atoms with E-state index in [0.717, 1.165) is 3.79 Å². The summed E-state index contributed by atoms with van der Waals surface area (Å²) in [5.74, 6) is -0.390. The summed E-state index contributed by atoms with van der Waals surface area (Å²) in [4.78, 5) is 25.8. The SMILES string of the molecule is CN(CC(=O)NC(C)(C)CN)C(=O)c1ccc(Br)s1.Cl. The summed E-state index contributed by atoms with van der Waals surface area (Å²) in [5.41, 5.74) is 5.07. The molecule has 0 aliphatic rings. The lowest BCUT2D eigenvalue weighted by atomic mass is 10.1. The lowest BCUT2D eigenvalue weighted by Gasteiger charge is -2.25. The van der Waals surface area contributed by atoms with Gasteiger partial charge in [-0.2, -0.15) is 0 Å².